The van der Waals surface area contributed by atoms with Crippen LogP contribution in [0, 0.1) is 0 Å². The third kappa shape index (κ3) is 2.82. The van der Waals surface area contributed by atoms with E-state index in [0.717, 1.165) is 0 Å². The number of nitrogens with one attached hydrogen (secondary N) is 1. The average molecular weight is 222 g/mol. The lowest BCUT2D eigenvalue weighted by Gasteiger charge is -2.08. The standard InChI is InChI=1S/C11H14N2O3/c1-16-13-6-10(11(12)15)9-5-3-2-4-8(9)7-14/h2-6,13-14H,7H2,1H3,(H2,12,15). The summed E-state index contributed by atoms with van der Waals surface area (Å²) in [6.07, 6.45) is 1.36. The highest BCUT2D eigenvalue weighted by Crippen LogP contribution is 2.18. The Balaban J connectivity index is 3.15. The van der Waals surface area contributed by atoms with Crippen LogP contribution < -0.4 is 11.2 Å². The highest BCUT2D eigenvalue weighted by Gasteiger charge is 2.11. The molecule has 0 aliphatic rings. The average Bonchev–Trinajstić information content (AvgIpc) is 2.29. The van der Waals surface area contributed by atoms with Gasteiger partial charge in [0.1, 0.15) is 0 Å². The predicted molar refractivity (Wildman–Crippen MR) is 59.7 cm³/mol. The van der Waals surface area contributed by atoms with Crippen LogP contribution in [0.1, 0.15) is 11.1 Å². The maximum Gasteiger partial charge on any atom is 0.250 e. The fourth-order valence-corrected chi connectivity index (χ4v) is 1.32. The second kappa shape index (κ2) is 5.89. The van der Waals surface area contributed by atoms with Crippen LogP contribution in [0.5, 0.6) is 0 Å². The van der Waals surface area contributed by atoms with Gasteiger partial charge in [-0.15, -0.1) is 0 Å². The molecule has 0 saturated heterocycles. The van der Waals surface area contributed by atoms with Gasteiger partial charge in [0.25, 0.3) is 5.91 Å². The maximum atomic E-state index is 11.3. The summed E-state index contributed by atoms with van der Waals surface area (Å²) in [6.45, 7) is -0.159. The van der Waals surface area contributed by atoms with E-state index < -0.39 is 5.91 Å². The second-order valence-corrected chi connectivity index (χ2v) is 3.06. The smallest absolute Gasteiger partial charge is 0.250 e. The normalized spacial score (nSPS) is 11.2. The highest BCUT2D eigenvalue weighted by molar-refractivity contribution is 6.18. The molecule has 0 spiro atoms. The molecule has 1 rings (SSSR count). The van der Waals surface area contributed by atoms with Gasteiger partial charge >= 0.3 is 0 Å². The van der Waals surface area contributed by atoms with Crippen LogP contribution in [-0.4, -0.2) is 18.1 Å². The minimum absolute atomic E-state index is 0.159. The molecule has 0 atom stereocenters. The molecule has 0 bridgehead atoms. The van der Waals surface area contributed by atoms with E-state index in [4.69, 9.17) is 10.8 Å². The number of hydrogen-bond donors (Lipinski definition) is 3. The number of primary amides is 1. The zero-order chi connectivity index (χ0) is 12.0. The Morgan fingerprint density at radius 3 is 2.81 bits per heavy atom. The third-order valence-electron chi connectivity index (χ3n) is 2.06. The summed E-state index contributed by atoms with van der Waals surface area (Å²) in [5.74, 6) is -0.592. The highest BCUT2D eigenvalue weighted by atomic mass is 16.6. The molecule has 86 valence electrons. The number of nitrogens with two attached hydrogens (primary N) is 1. The van der Waals surface area contributed by atoms with Gasteiger partial charge in [-0.1, -0.05) is 24.3 Å². The molecule has 5 nitrogen and oxygen atoms in total. The number of amides is 1. The first-order valence-electron chi connectivity index (χ1n) is 4.68. The van der Waals surface area contributed by atoms with Crippen LogP contribution in [0.4, 0.5) is 0 Å². The van der Waals surface area contributed by atoms with Crippen molar-refractivity contribution in [1.82, 2.24) is 5.48 Å². The lowest BCUT2D eigenvalue weighted by molar-refractivity contribution is -0.112. The first-order chi connectivity index (χ1) is 7.70. The number of carbonyl (C=O) groups is 1. The zero-order valence-corrected chi connectivity index (χ0v) is 8.93. The van der Waals surface area contributed by atoms with Crippen molar-refractivity contribution in [1.29, 1.82) is 0 Å². The Bertz CT molecular complexity index is 402. The fraction of sp³-hybridized carbons (Fsp3) is 0.182. The van der Waals surface area contributed by atoms with Gasteiger partial charge < -0.3 is 10.8 Å². The zero-order valence-electron chi connectivity index (χ0n) is 8.93. The summed E-state index contributed by atoms with van der Waals surface area (Å²) >= 11 is 0. The van der Waals surface area contributed by atoms with Gasteiger partial charge in [-0.05, 0) is 11.1 Å². The van der Waals surface area contributed by atoms with Crippen LogP contribution in [-0.2, 0) is 16.2 Å². The van der Waals surface area contributed by atoms with Crippen LogP contribution in [0.3, 0.4) is 0 Å². The number of hydrogen-bond acceptors (Lipinski definition) is 4. The molecular weight excluding hydrogens is 208 g/mol. The van der Waals surface area contributed by atoms with E-state index in [2.05, 4.69) is 10.3 Å². The van der Waals surface area contributed by atoms with Crippen molar-refractivity contribution in [3.63, 3.8) is 0 Å². The topological polar surface area (TPSA) is 84.6 Å². The summed E-state index contributed by atoms with van der Waals surface area (Å²) in [7, 11) is 1.42. The van der Waals surface area contributed by atoms with E-state index in [9.17, 15) is 4.79 Å². The maximum absolute atomic E-state index is 11.3. The van der Waals surface area contributed by atoms with E-state index in [1.165, 1.54) is 13.3 Å². The molecule has 4 N–H and O–H groups in total. The molecule has 16 heavy (non-hydrogen) atoms. The lowest BCUT2D eigenvalue weighted by Crippen LogP contribution is -2.17. The van der Waals surface area contributed by atoms with Crippen LogP contribution in [0.15, 0.2) is 30.5 Å². The van der Waals surface area contributed by atoms with Crippen molar-refractivity contribution >= 4 is 11.5 Å². The molecule has 0 radical (unpaired) electrons. The Kier molecular flexibility index (Phi) is 4.50. The van der Waals surface area contributed by atoms with Crippen LogP contribution >= 0.6 is 0 Å². The van der Waals surface area contributed by atoms with Crippen molar-refractivity contribution in [2.75, 3.05) is 7.11 Å². The number of aliphatic hydroxyl groups excluding tert-OH is 1. The van der Waals surface area contributed by atoms with Crippen molar-refractivity contribution in [2.24, 2.45) is 5.73 Å². The van der Waals surface area contributed by atoms with Gasteiger partial charge in [-0.25, -0.2) is 0 Å². The Morgan fingerprint density at radius 2 is 2.25 bits per heavy atom. The van der Waals surface area contributed by atoms with Crippen LogP contribution in [0.2, 0.25) is 0 Å². The summed E-state index contributed by atoms with van der Waals surface area (Å²) in [4.78, 5) is 15.9. The molecule has 1 aromatic rings. The molecule has 0 saturated carbocycles. The van der Waals surface area contributed by atoms with Crippen molar-refractivity contribution in [3.8, 4) is 0 Å². The van der Waals surface area contributed by atoms with Gasteiger partial charge in [0.15, 0.2) is 0 Å². The third-order valence-corrected chi connectivity index (χ3v) is 2.06. The van der Waals surface area contributed by atoms with Crippen molar-refractivity contribution in [3.05, 3.63) is 41.6 Å². The van der Waals surface area contributed by atoms with E-state index in [1.54, 1.807) is 24.3 Å². The fourth-order valence-electron chi connectivity index (χ4n) is 1.32. The second-order valence-electron chi connectivity index (χ2n) is 3.06. The van der Waals surface area contributed by atoms with Gasteiger partial charge in [0.2, 0.25) is 0 Å². The first-order valence-corrected chi connectivity index (χ1v) is 4.68. The Morgan fingerprint density at radius 1 is 1.56 bits per heavy atom. The molecule has 1 amide bonds. The van der Waals surface area contributed by atoms with E-state index in [1.807, 2.05) is 0 Å². The summed E-state index contributed by atoms with van der Waals surface area (Å²) in [5, 5.41) is 9.14. The molecule has 5 heteroatoms. The molecule has 0 aliphatic heterocycles. The number of aliphatic hydroxyl groups is 1. The SMILES string of the molecule is CONC=C(C(N)=O)c1ccccc1CO. The largest absolute Gasteiger partial charge is 0.392 e. The molecule has 0 aliphatic carbocycles. The number of benzene rings is 1. The molecule has 0 aromatic heterocycles. The summed E-state index contributed by atoms with van der Waals surface area (Å²) in [5.41, 5.74) is 9.15. The van der Waals surface area contributed by atoms with Gasteiger partial charge in [0.05, 0.1) is 19.3 Å². The Labute approximate surface area is 93.5 Å². The van der Waals surface area contributed by atoms with Crippen molar-refractivity contribution in [2.45, 2.75) is 6.61 Å². The number of rotatable bonds is 5. The number of hydroxylamine groups is 1. The van der Waals surface area contributed by atoms with Crippen molar-refractivity contribution < 1.29 is 14.7 Å². The van der Waals surface area contributed by atoms with Gasteiger partial charge in [-0.2, -0.15) is 0 Å². The first kappa shape index (κ1) is 12.2. The minimum atomic E-state index is -0.592. The molecular formula is C11H14N2O3. The quantitative estimate of drug-likeness (QED) is 0.489. The predicted octanol–water partition coefficient (Wildman–Crippen LogP) is 0.156. The van der Waals surface area contributed by atoms with E-state index in [-0.39, 0.29) is 12.2 Å². The van der Waals surface area contributed by atoms with E-state index in [0.29, 0.717) is 11.1 Å². The van der Waals surface area contributed by atoms with Gasteiger partial charge in [-0.3, -0.25) is 15.1 Å². The Hall–Kier alpha value is -1.85. The summed E-state index contributed by atoms with van der Waals surface area (Å²) in [6, 6.07) is 6.97. The van der Waals surface area contributed by atoms with Crippen LogP contribution in [0.25, 0.3) is 5.57 Å². The molecule has 0 heterocycles. The van der Waals surface area contributed by atoms with Gasteiger partial charge in [0, 0.05) is 6.20 Å². The lowest BCUT2D eigenvalue weighted by atomic mass is 10.0. The number of carbonyl (C=O) groups excluding carboxylic acids is 1. The monoisotopic (exact) mass is 222 g/mol. The molecule has 0 unspecified atom stereocenters. The van der Waals surface area contributed by atoms with E-state index >= 15 is 0 Å². The minimum Gasteiger partial charge on any atom is -0.392 e. The molecule has 1 aromatic carbocycles. The molecule has 0 fully saturated rings. The summed E-state index contributed by atoms with van der Waals surface area (Å²) < 4.78 is 0.